The van der Waals surface area contributed by atoms with E-state index < -0.39 is 11.9 Å². The molecule has 0 aliphatic carbocycles. The lowest BCUT2D eigenvalue weighted by atomic mass is 10.0. The van der Waals surface area contributed by atoms with Gasteiger partial charge in [-0.2, -0.15) is 0 Å². The maximum Gasteiger partial charge on any atom is 0.397 e. The van der Waals surface area contributed by atoms with E-state index in [4.69, 9.17) is 32.7 Å². The number of unbranched alkanes of at least 4 members (excludes halogenated alkanes) is 9. The molecule has 3 rings (SSSR count). The summed E-state index contributed by atoms with van der Waals surface area (Å²) < 4.78 is 11.2. The van der Waals surface area contributed by atoms with Crippen molar-refractivity contribution in [3.8, 4) is 5.75 Å². The van der Waals surface area contributed by atoms with Crippen molar-refractivity contribution in [2.24, 2.45) is 0 Å². The number of carbonyl (C=O) groups is 2. The lowest BCUT2D eigenvalue weighted by Gasteiger charge is -2.23. The SMILES string of the molecule is CCCCCCCCCCCCOc1ccc(CN(CCc2ccc(Cl)c(Cl)c2)C(=O)C(=O)OCC)c2ccccc12. The minimum atomic E-state index is -0.854. The molecular formula is C35H45Cl2NO4. The van der Waals surface area contributed by atoms with Crippen LogP contribution in [0.2, 0.25) is 10.0 Å². The number of rotatable bonds is 18. The zero-order valence-electron chi connectivity index (χ0n) is 25.1. The molecule has 5 nitrogen and oxygen atoms in total. The van der Waals surface area contributed by atoms with Gasteiger partial charge in [0.05, 0.1) is 23.3 Å². The van der Waals surface area contributed by atoms with E-state index in [1.165, 1.54) is 62.7 Å². The fourth-order valence-corrected chi connectivity index (χ4v) is 5.43. The maximum atomic E-state index is 13.1. The first-order chi connectivity index (χ1) is 20.4. The van der Waals surface area contributed by atoms with Crippen LogP contribution in [0.15, 0.2) is 54.6 Å². The Morgan fingerprint density at radius 2 is 1.43 bits per heavy atom. The van der Waals surface area contributed by atoms with Gasteiger partial charge in [0, 0.05) is 18.5 Å². The third-order valence-corrected chi connectivity index (χ3v) is 8.22. The van der Waals surface area contributed by atoms with Crippen LogP contribution in [0.3, 0.4) is 0 Å². The third kappa shape index (κ3) is 10.8. The highest BCUT2D eigenvalue weighted by atomic mass is 35.5. The van der Waals surface area contributed by atoms with Gasteiger partial charge in [0.2, 0.25) is 0 Å². The number of carbonyl (C=O) groups excluding carboxylic acids is 2. The van der Waals surface area contributed by atoms with E-state index in [0.717, 1.165) is 34.1 Å². The maximum absolute atomic E-state index is 13.1. The predicted molar refractivity (Wildman–Crippen MR) is 174 cm³/mol. The van der Waals surface area contributed by atoms with E-state index in [1.807, 2.05) is 42.5 Å². The number of ether oxygens (including phenoxy) is 2. The Bertz CT molecular complexity index is 1280. The molecule has 0 atom stereocenters. The number of nitrogens with zero attached hydrogens (tertiary/aromatic N) is 1. The van der Waals surface area contributed by atoms with Gasteiger partial charge in [0.15, 0.2) is 0 Å². The van der Waals surface area contributed by atoms with Crippen molar-refractivity contribution in [3.05, 3.63) is 75.8 Å². The molecule has 0 aromatic heterocycles. The molecule has 7 heteroatoms. The molecule has 0 heterocycles. The van der Waals surface area contributed by atoms with Crippen molar-refractivity contribution in [3.63, 3.8) is 0 Å². The lowest BCUT2D eigenvalue weighted by molar-refractivity contribution is -0.160. The molecule has 0 spiro atoms. The topological polar surface area (TPSA) is 55.8 Å². The van der Waals surface area contributed by atoms with Crippen LogP contribution in [0.5, 0.6) is 5.75 Å². The van der Waals surface area contributed by atoms with Crippen molar-refractivity contribution < 1.29 is 19.1 Å². The Morgan fingerprint density at radius 1 is 0.762 bits per heavy atom. The fraction of sp³-hybridized carbons (Fsp3) is 0.486. The predicted octanol–water partition coefficient (Wildman–Crippen LogP) is 9.58. The summed E-state index contributed by atoms with van der Waals surface area (Å²) >= 11 is 12.2. The smallest absolute Gasteiger partial charge is 0.397 e. The molecular weight excluding hydrogens is 569 g/mol. The van der Waals surface area contributed by atoms with Crippen LogP contribution in [0.1, 0.15) is 89.2 Å². The summed E-state index contributed by atoms with van der Waals surface area (Å²) in [7, 11) is 0. The van der Waals surface area contributed by atoms with Crippen LogP contribution in [0, 0.1) is 0 Å². The second-order valence-corrected chi connectivity index (χ2v) is 11.6. The van der Waals surface area contributed by atoms with Gasteiger partial charge in [-0.25, -0.2) is 4.79 Å². The van der Waals surface area contributed by atoms with Crippen LogP contribution < -0.4 is 4.74 Å². The zero-order chi connectivity index (χ0) is 30.2. The molecule has 0 bridgehead atoms. The number of fused-ring (bicyclic) bond motifs is 1. The Hall–Kier alpha value is -2.76. The van der Waals surface area contributed by atoms with Gasteiger partial charge in [0.25, 0.3) is 0 Å². The van der Waals surface area contributed by atoms with Gasteiger partial charge in [-0.15, -0.1) is 0 Å². The van der Waals surface area contributed by atoms with Crippen molar-refractivity contribution in [2.45, 2.75) is 91.0 Å². The summed E-state index contributed by atoms with van der Waals surface area (Å²) in [6, 6.07) is 17.4. The third-order valence-electron chi connectivity index (χ3n) is 7.48. The Kier molecular flexibility index (Phi) is 15.0. The number of halogens is 2. The Labute approximate surface area is 261 Å². The minimum Gasteiger partial charge on any atom is -0.493 e. The number of esters is 1. The summed E-state index contributed by atoms with van der Waals surface area (Å²) in [5, 5.41) is 2.92. The quantitative estimate of drug-likeness (QED) is 0.0814. The van der Waals surface area contributed by atoms with E-state index in [0.29, 0.717) is 29.6 Å². The normalized spacial score (nSPS) is 11.0. The monoisotopic (exact) mass is 613 g/mol. The molecule has 0 aliphatic heterocycles. The molecule has 0 unspecified atom stereocenters. The number of benzene rings is 3. The highest BCUT2D eigenvalue weighted by Crippen LogP contribution is 2.30. The van der Waals surface area contributed by atoms with Crippen molar-refractivity contribution in [1.82, 2.24) is 4.90 Å². The average molecular weight is 615 g/mol. The van der Waals surface area contributed by atoms with Crippen LogP contribution in [0.4, 0.5) is 0 Å². The number of amides is 1. The lowest BCUT2D eigenvalue weighted by Crippen LogP contribution is -2.38. The van der Waals surface area contributed by atoms with Gasteiger partial charge in [-0.1, -0.05) is 124 Å². The van der Waals surface area contributed by atoms with Gasteiger partial charge in [-0.3, -0.25) is 4.79 Å². The molecule has 0 fully saturated rings. The molecule has 3 aromatic carbocycles. The van der Waals surface area contributed by atoms with Crippen molar-refractivity contribution in [1.29, 1.82) is 0 Å². The fourth-order valence-electron chi connectivity index (χ4n) is 5.11. The van der Waals surface area contributed by atoms with E-state index in [1.54, 1.807) is 19.1 Å². The molecule has 42 heavy (non-hydrogen) atoms. The van der Waals surface area contributed by atoms with E-state index in [-0.39, 0.29) is 13.2 Å². The molecule has 0 radical (unpaired) electrons. The van der Waals surface area contributed by atoms with Crippen LogP contribution in [-0.2, 0) is 27.3 Å². The summed E-state index contributed by atoms with van der Waals surface area (Å²) in [5.41, 5.74) is 1.86. The summed E-state index contributed by atoms with van der Waals surface area (Å²) in [5.74, 6) is -0.681. The first-order valence-corrected chi connectivity index (χ1v) is 16.2. The summed E-state index contributed by atoms with van der Waals surface area (Å²) in [6.07, 6.45) is 13.4. The molecule has 228 valence electrons. The van der Waals surface area contributed by atoms with Crippen LogP contribution in [0.25, 0.3) is 10.8 Å². The minimum absolute atomic E-state index is 0.138. The molecule has 0 aliphatic rings. The molecule has 1 amide bonds. The Morgan fingerprint density at radius 3 is 2.10 bits per heavy atom. The average Bonchev–Trinajstić information content (AvgIpc) is 3.00. The first-order valence-electron chi connectivity index (χ1n) is 15.5. The molecule has 0 N–H and O–H groups in total. The molecule has 0 saturated heterocycles. The largest absolute Gasteiger partial charge is 0.493 e. The molecule has 3 aromatic rings. The molecule has 0 saturated carbocycles. The summed E-state index contributed by atoms with van der Waals surface area (Å²) in [6.45, 7) is 5.34. The standard InChI is InChI=1S/C35H45Cl2NO4/c1-3-5-6-7-8-9-10-11-12-15-24-42-33-21-19-28(29-16-13-14-17-30(29)33)26-38(34(39)35(40)41-4-2)23-22-27-18-20-31(36)32(37)25-27/h13-14,16-21,25H,3-12,15,22-24,26H2,1-2H3. The second-order valence-electron chi connectivity index (χ2n) is 10.7. The van der Waals surface area contributed by atoms with E-state index >= 15 is 0 Å². The van der Waals surface area contributed by atoms with Gasteiger partial charge < -0.3 is 14.4 Å². The highest BCUT2D eigenvalue weighted by molar-refractivity contribution is 6.42. The van der Waals surface area contributed by atoms with Crippen LogP contribution >= 0.6 is 23.2 Å². The van der Waals surface area contributed by atoms with Crippen molar-refractivity contribution >= 4 is 45.9 Å². The second kappa shape index (κ2) is 18.7. The van der Waals surface area contributed by atoms with Crippen molar-refractivity contribution in [2.75, 3.05) is 19.8 Å². The van der Waals surface area contributed by atoms with Gasteiger partial charge in [-0.05, 0) is 54.5 Å². The van der Waals surface area contributed by atoms with Crippen LogP contribution in [-0.4, -0.2) is 36.5 Å². The van der Waals surface area contributed by atoms with E-state index in [2.05, 4.69) is 6.92 Å². The number of hydrogen-bond donors (Lipinski definition) is 0. The highest BCUT2D eigenvalue weighted by Gasteiger charge is 2.24. The summed E-state index contributed by atoms with van der Waals surface area (Å²) in [4.78, 5) is 27.0. The Balaban J connectivity index is 1.62. The van der Waals surface area contributed by atoms with Gasteiger partial charge in [0.1, 0.15) is 5.75 Å². The first kappa shape index (κ1) is 33.7. The van der Waals surface area contributed by atoms with Gasteiger partial charge >= 0.3 is 11.9 Å². The van der Waals surface area contributed by atoms with E-state index in [9.17, 15) is 9.59 Å². The number of hydrogen-bond acceptors (Lipinski definition) is 4. The zero-order valence-corrected chi connectivity index (χ0v) is 26.7.